The number of hydrogen-bond donors (Lipinski definition) is 1. The van der Waals surface area contributed by atoms with Crippen molar-refractivity contribution in [3.63, 3.8) is 0 Å². The smallest absolute Gasteiger partial charge is 0.0501 e. The highest BCUT2D eigenvalue weighted by Crippen LogP contribution is 2.32. The summed E-state index contributed by atoms with van der Waals surface area (Å²) in [6.45, 7) is 8.78. The summed E-state index contributed by atoms with van der Waals surface area (Å²) in [5.74, 6) is 0. The molecule has 1 atom stereocenters. The first-order valence-corrected chi connectivity index (χ1v) is 7.80. The normalized spacial score (nSPS) is 30.2. The van der Waals surface area contributed by atoms with Crippen LogP contribution >= 0.6 is 0 Å². The van der Waals surface area contributed by atoms with Gasteiger partial charge < -0.3 is 14.7 Å². The summed E-state index contributed by atoms with van der Waals surface area (Å²) in [5, 5.41) is 9.86. The molecule has 0 spiro atoms. The Hall–Kier alpha value is -0.160. The number of rotatable bonds is 4. The van der Waals surface area contributed by atoms with Gasteiger partial charge in [-0.25, -0.2) is 0 Å². The van der Waals surface area contributed by atoms with Crippen molar-refractivity contribution in [3.05, 3.63) is 0 Å². The van der Waals surface area contributed by atoms with Crippen molar-refractivity contribution in [2.75, 3.05) is 53.0 Å². The zero-order chi connectivity index (χ0) is 13.7. The van der Waals surface area contributed by atoms with Crippen molar-refractivity contribution in [2.45, 2.75) is 38.6 Å². The molecule has 0 aromatic rings. The summed E-state index contributed by atoms with van der Waals surface area (Å²) in [5.41, 5.74) is 0.0780. The minimum absolute atomic E-state index is 0.0780. The summed E-state index contributed by atoms with van der Waals surface area (Å²) in [6, 6.07) is 0.638. The highest BCUT2D eigenvalue weighted by molar-refractivity contribution is 4.88. The molecule has 0 saturated carbocycles. The second-order valence-corrected chi connectivity index (χ2v) is 6.42. The maximum Gasteiger partial charge on any atom is 0.0501 e. The van der Waals surface area contributed by atoms with Gasteiger partial charge in [-0.1, -0.05) is 6.92 Å². The van der Waals surface area contributed by atoms with E-state index in [2.05, 4.69) is 23.8 Å². The van der Waals surface area contributed by atoms with E-state index in [0.717, 1.165) is 39.1 Å². The second kappa shape index (κ2) is 7.02. The molecule has 2 aliphatic heterocycles. The summed E-state index contributed by atoms with van der Waals surface area (Å²) >= 11 is 0. The van der Waals surface area contributed by atoms with Crippen LogP contribution < -0.4 is 0 Å². The van der Waals surface area contributed by atoms with E-state index in [4.69, 9.17) is 4.74 Å². The van der Waals surface area contributed by atoms with Gasteiger partial charge in [0.1, 0.15) is 0 Å². The SMILES string of the molecule is CCC1CN(C)CCCN1CC1(CO)CCOCC1. The van der Waals surface area contributed by atoms with Crippen LogP contribution in [0.2, 0.25) is 0 Å². The third-order valence-electron chi connectivity index (χ3n) is 4.92. The van der Waals surface area contributed by atoms with Crippen molar-refractivity contribution in [1.82, 2.24) is 9.80 Å². The molecule has 0 radical (unpaired) electrons. The number of hydrogen-bond acceptors (Lipinski definition) is 4. The Labute approximate surface area is 117 Å². The predicted octanol–water partition coefficient (Wildman–Crippen LogP) is 1.19. The Balaban J connectivity index is 2.01. The van der Waals surface area contributed by atoms with Crippen LogP contribution in [-0.2, 0) is 4.74 Å². The van der Waals surface area contributed by atoms with E-state index >= 15 is 0 Å². The van der Waals surface area contributed by atoms with Crippen LogP contribution in [0.15, 0.2) is 0 Å². The van der Waals surface area contributed by atoms with Crippen molar-refractivity contribution in [2.24, 2.45) is 5.41 Å². The number of aliphatic hydroxyl groups is 1. The lowest BCUT2D eigenvalue weighted by molar-refractivity contribution is -0.0405. The van der Waals surface area contributed by atoms with Crippen LogP contribution in [-0.4, -0.2) is 74.0 Å². The Morgan fingerprint density at radius 2 is 2.00 bits per heavy atom. The molecule has 0 aliphatic carbocycles. The molecule has 112 valence electrons. The Kier molecular flexibility index (Phi) is 5.63. The van der Waals surface area contributed by atoms with E-state index in [1.807, 2.05) is 0 Å². The summed E-state index contributed by atoms with van der Waals surface area (Å²) in [4.78, 5) is 5.08. The summed E-state index contributed by atoms with van der Waals surface area (Å²) < 4.78 is 5.47. The van der Waals surface area contributed by atoms with Gasteiger partial charge in [0.15, 0.2) is 0 Å². The topological polar surface area (TPSA) is 35.9 Å². The fourth-order valence-corrected chi connectivity index (χ4v) is 3.49. The van der Waals surface area contributed by atoms with Crippen molar-refractivity contribution >= 4 is 0 Å². The number of nitrogens with zero attached hydrogens (tertiary/aromatic N) is 2. The van der Waals surface area contributed by atoms with E-state index in [1.54, 1.807) is 0 Å². The molecular weight excluding hydrogens is 240 g/mol. The van der Waals surface area contributed by atoms with Crippen LogP contribution in [0.4, 0.5) is 0 Å². The molecule has 4 heteroatoms. The van der Waals surface area contributed by atoms with Crippen molar-refractivity contribution in [1.29, 1.82) is 0 Å². The van der Waals surface area contributed by atoms with Gasteiger partial charge in [-0.3, -0.25) is 4.90 Å². The lowest BCUT2D eigenvalue weighted by Crippen LogP contribution is -2.49. The highest BCUT2D eigenvalue weighted by Gasteiger charge is 2.36. The first-order chi connectivity index (χ1) is 9.19. The molecule has 0 aromatic carbocycles. The van der Waals surface area contributed by atoms with Crippen LogP contribution in [0.3, 0.4) is 0 Å². The maximum atomic E-state index is 9.86. The quantitative estimate of drug-likeness (QED) is 0.832. The average Bonchev–Trinajstić information content (AvgIpc) is 2.61. The molecule has 1 N–H and O–H groups in total. The Bertz CT molecular complexity index is 267. The molecule has 2 aliphatic rings. The molecule has 2 heterocycles. The Morgan fingerprint density at radius 1 is 1.26 bits per heavy atom. The lowest BCUT2D eigenvalue weighted by Gasteiger charge is -2.42. The molecule has 1 unspecified atom stereocenters. The van der Waals surface area contributed by atoms with Gasteiger partial charge in [-0.2, -0.15) is 0 Å². The summed E-state index contributed by atoms with van der Waals surface area (Å²) in [6.07, 6.45) is 4.45. The predicted molar refractivity (Wildman–Crippen MR) is 77.3 cm³/mol. The lowest BCUT2D eigenvalue weighted by atomic mass is 9.80. The molecule has 2 rings (SSSR count). The molecular formula is C15H30N2O2. The van der Waals surface area contributed by atoms with Gasteiger partial charge in [0, 0.05) is 37.8 Å². The van der Waals surface area contributed by atoms with Crippen molar-refractivity contribution in [3.8, 4) is 0 Å². The van der Waals surface area contributed by atoms with Gasteiger partial charge in [0.05, 0.1) is 6.61 Å². The fraction of sp³-hybridized carbons (Fsp3) is 1.00. The zero-order valence-electron chi connectivity index (χ0n) is 12.6. The molecule has 19 heavy (non-hydrogen) atoms. The fourth-order valence-electron chi connectivity index (χ4n) is 3.49. The molecule has 0 aromatic heterocycles. The van der Waals surface area contributed by atoms with Crippen LogP contribution in [0.1, 0.15) is 32.6 Å². The zero-order valence-corrected chi connectivity index (χ0v) is 12.6. The van der Waals surface area contributed by atoms with E-state index in [-0.39, 0.29) is 5.41 Å². The van der Waals surface area contributed by atoms with Crippen LogP contribution in [0, 0.1) is 5.41 Å². The molecule has 2 saturated heterocycles. The van der Waals surface area contributed by atoms with Gasteiger partial charge >= 0.3 is 0 Å². The van der Waals surface area contributed by atoms with Crippen molar-refractivity contribution < 1.29 is 9.84 Å². The molecule has 0 bridgehead atoms. The highest BCUT2D eigenvalue weighted by atomic mass is 16.5. The first kappa shape index (κ1) is 15.2. The van der Waals surface area contributed by atoms with Gasteiger partial charge in [-0.05, 0) is 45.8 Å². The number of ether oxygens (including phenoxy) is 1. The van der Waals surface area contributed by atoms with E-state index < -0.39 is 0 Å². The number of likely N-dealkylation sites (N-methyl/N-ethyl adjacent to an activating group) is 1. The Morgan fingerprint density at radius 3 is 2.63 bits per heavy atom. The van der Waals surface area contributed by atoms with E-state index in [1.165, 1.54) is 25.9 Å². The minimum Gasteiger partial charge on any atom is -0.396 e. The van der Waals surface area contributed by atoms with Gasteiger partial charge in [-0.15, -0.1) is 0 Å². The maximum absolute atomic E-state index is 9.86. The monoisotopic (exact) mass is 270 g/mol. The largest absolute Gasteiger partial charge is 0.396 e. The molecule has 4 nitrogen and oxygen atoms in total. The molecule has 0 amide bonds. The number of aliphatic hydroxyl groups excluding tert-OH is 1. The standard InChI is InChI=1S/C15H30N2O2/c1-3-14-11-16(2)7-4-8-17(14)12-15(13-18)5-9-19-10-6-15/h14,18H,3-13H2,1-2H3. The van der Waals surface area contributed by atoms with E-state index in [9.17, 15) is 5.11 Å². The third kappa shape index (κ3) is 3.91. The van der Waals surface area contributed by atoms with Crippen LogP contribution in [0.5, 0.6) is 0 Å². The third-order valence-corrected chi connectivity index (χ3v) is 4.92. The average molecular weight is 270 g/mol. The first-order valence-electron chi connectivity index (χ1n) is 7.80. The van der Waals surface area contributed by atoms with Gasteiger partial charge in [0.2, 0.25) is 0 Å². The van der Waals surface area contributed by atoms with E-state index in [0.29, 0.717) is 12.6 Å². The minimum atomic E-state index is 0.0780. The van der Waals surface area contributed by atoms with Crippen LogP contribution in [0.25, 0.3) is 0 Å². The summed E-state index contributed by atoms with van der Waals surface area (Å²) in [7, 11) is 2.22. The molecule has 2 fully saturated rings. The van der Waals surface area contributed by atoms with Gasteiger partial charge in [0.25, 0.3) is 0 Å². The second-order valence-electron chi connectivity index (χ2n) is 6.42.